The van der Waals surface area contributed by atoms with Crippen molar-refractivity contribution in [1.82, 2.24) is 24.8 Å². The van der Waals surface area contributed by atoms with E-state index in [0.717, 1.165) is 68.7 Å². The van der Waals surface area contributed by atoms with Crippen LogP contribution in [0.3, 0.4) is 0 Å². The van der Waals surface area contributed by atoms with Gasteiger partial charge in [-0.1, -0.05) is 23.9 Å². The Hall–Kier alpha value is -3.39. The molecule has 0 bridgehead atoms. The average molecular weight is 447 g/mol. The number of carbonyl (C=O) groups is 1. The largest absolute Gasteiger partial charge is 0.508 e. The number of para-hydroxylation sites is 1. The van der Waals surface area contributed by atoms with Gasteiger partial charge in [0.15, 0.2) is 0 Å². The highest BCUT2D eigenvalue weighted by Crippen LogP contribution is 2.28. The van der Waals surface area contributed by atoms with E-state index < -0.39 is 0 Å². The number of nitrogens with zero attached hydrogens (tertiary/aromatic N) is 5. The van der Waals surface area contributed by atoms with Crippen LogP contribution in [0.2, 0.25) is 0 Å². The maximum absolute atomic E-state index is 12.6. The van der Waals surface area contributed by atoms with Gasteiger partial charge in [-0.25, -0.2) is 4.68 Å². The monoisotopic (exact) mass is 446 g/mol. The summed E-state index contributed by atoms with van der Waals surface area (Å²) in [5.41, 5.74) is 3.88. The minimum atomic E-state index is -0.0297. The summed E-state index contributed by atoms with van der Waals surface area (Å²) in [5.74, 6) is 0.199. The van der Waals surface area contributed by atoms with Gasteiger partial charge in [-0.15, -0.1) is 5.10 Å². The molecule has 2 fully saturated rings. The van der Waals surface area contributed by atoms with E-state index in [4.69, 9.17) is 0 Å². The van der Waals surface area contributed by atoms with Crippen molar-refractivity contribution in [1.29, 1.82) is 0 Å². The second kappa shape index (κ2) is 9.23. The molecule has 8 heteroatoms. The lowest BCUT2D eigenvalue weighted by Crippen LogP contribution is -2.38. The van der Waals surface area contributed by atoms with Crippen molar-refractivity contribution < 1.29 is 9.90 Å². The molecule has 2 aliphatic heterocycles. The molecule has 0 saturated carbocycles. The zero-order chi connectivity index (χ0) is 22.8. The maximum atomic E-state index is 12.6. The summed E-state index contributed by atoms with van der Waals surface area (Å²) in [6.45, 7) is 8.69. The molecular weight excluding hydrogens is 416 g/mol. The zero-order valence-corrected chi connectivity index (χ0v) is 18.7. The Balaban J connectivity index is 1.10. The summed E-state index contributed by atoms with van der Waals surface area (Å²) >= 11 is 0. The van der Waals surface area contributed by atoms with E-state index in [2.05, 4.69) is 42.8 Å². The first kappa shape index (κ1) is 21.5. The summed E-state index contributed by atoms with van der Waals surface area (Å²) < 4.78 is 2.08. The first-order valence-electron chi connectivity index (χ1n) is 11.6. The van der Waals surface area contributed by atoms with Crippen molar-refractivity contribution in [3.05, 3.63) is 60.8 Å². The number of hydrogen-bond acceptors (Lipinski definition) is 6. The Labute approximate surface area is 193 Å². The van der Waals surface area contributed by atoms with Crippen molar-refractivity contribution in [3.63, 3.8) is 0 Å². The number of aromatic nitrogens is 3. The van der Waals surface area contributed by atoms with Crippen molar-refractivity contribution >= 4 is 22.6 Å². The van der Waals surface area contributed by atoms with E-state index in [0.29, 0.717) is 11.7 Å². The Kier molecular flexibility index (Phi) is 6.00. The van der Waals surface area contributed by atoms with Crippen LogP contribution < -0.4 is 5.32 Å². The van der Waals surface area contributed by atoms with Crippen LogP contribution in [0.25, 0.3) is 11.0 Å². The second-order valence-corrected chi connectivity index (χ2v) is 9.06. The molecule has 2 aliphatic rings. The quantitative estimate of drug-likeness (QED) is 0.566. The molecule has 0 aliphatic carbocycles. The fraction of sp³-hybridized carbons (Fsp3) is 0.400. The van der Waals surface area contributed by atoms with Crippen LogP contribution in [0.4, 0.5) is 5.69 Å². The number of amides is 1. The number of piperidine rings is 1. The van der Waals surface area contributed by atoms with Crippen LogP contribution in [0.5, 0.6) is 5.75 Å². The number of nitrogens with one attached hydrogen (secondary N) is 1. The highest BCUT2D eigenvalue weighted by Gasteiger charge is 2.30. The van der Waals surface area contributed by atoms with Gasteiger partial charge in [-0.3, -0.25) is 9.69 Å². The van der Waals surface area contributed by atoms with Crippen molar-refractivity contribution in [2.75, 3.05) is 38.0 Å². The van der Waals surface area contributed by atoms with Crippen LogP contribution in [-0.2, 0) is 4.79 Å². The Bertz CT molecular complexity index is 1130. The van der Waals surface area contributed by atoms with Gasteiger partial charge < -0.3 is 15.3 Å². The highest BCUT2D eigenvalue weighted by molar-refractivity contribution is 5.92. The molecule has 1 unspecified atom stereocenters. The number of anilines is 1. The Morgan fingerprint density at radius 1 is 1.06 bits per heavy atom. The van der Waals surface area contributed by atoms with E-state index in [1.54, 1.807) is 24.3 Å². The summed E-state index contributed by atoms with van der Waals surface area (Å²) in [6.07, 6.45) is 2.88. The predicted molar refractivity (Wildman–Crippen MR) is 128 cm³/mol. The normalized spacial score (nSPS) is 19.8. The Morgan fingerprint density at radius 2 is 1.82 bits per heavy atom. The molecule has 1 amide bonds. The van der Waals surface area contributed by atoms with Crippen LogP contribution in [-0.4, -0.2) is 68.5 Å². The van der Waals surface area contributed by atoms with Gasteiger partial charge in [0.2, 0.25) is 5.91 Å². The van der Waals surface area contributed by atoms with E-state index in [9.17, 15) is 9.90 Å². The van der Waals surface area contributed by atoms with E-state index >= 15 is 0 Å². The van der Waals surface area contributed by atoms with Crippen LogP contribution >= 0.6 is 0 Å². The van der Waals surface area contributed by atoms with Gasteiger partial charge >= 0.3 is 0 Å². The first-order valence-corrected chi connectivity index (χ1v) is 11.6. The summed E-state index contributed by atoms with van der Waals surface area (Å²) in [4.78, 5) is 17.3. The molecule has 172 valence electrons. The molecular formula is C25H30N6O2. The van der Waals surface area contributed by atoms with Gasteiger partial charge in [0, 0.05) is 37.6 Å². The number of likely N-dealkylation sites (tertiary alicyclic amines) is 2. The van der Waals surface area contributed by atoms with E-state index in [-0.39, 0.29) is 17.6 Å². The third kappa shape index (κ3) is 4.71. The third-order valence-electron chi connectivity index (χ3n) is 6.82. The highest BCUT2D eigenvalue weighted by atomic mass is 16.3. The number of carbonyl (C=O) groups excluding carboxylic acids is 1. The van der Waals surface area contributed by atoms with Gasteiger partial charge in [0.05, 0.1) is 17.5 Å². The number of rotatable bonds is 6. The SMILES string of the molecule is C=C(CN1CCC(C(=O)Nc2ccc(O)cc2)C1)N1CCC(n2nnc3ccccc32)CC1. The number of phenolic OH excluding ortho intramolecular Hbond substituents is 1. The van der Waals surface area contributed by atoms with Gasteiger partial charge in [-0.05, 0) is 62.2 Å². The molecule has 2 aromatic carbocycles. The van der Waals surface area contributed by atoms with Gasteiger partial charge in [-0.2, -0.15) is 0 Å². The van der Waals surface area contributed by atoms with Crippen molar-refractivity contribution in [2.45, 2.75) is 25.3 Å². The fourth-order valence-electron chi connectivity index (χ4n) is 4.92. The summed E-state index contributed by atoms with van der Waals surface area (Å²) in [7, 11) is 0. The predicted octanol–water partition coefficient (Wildman–Crippen LogP) is 3.25. The zero-order valence-electron chi connectivity index (χ0n) is 18.7. The van der Waals surface area contributed by atoms with Crippen LogP contribution in [0, 0.1) is 5.92 Å². The van der Waals surface area contributed by atoms with Gasteiger partial charge in [0.1, 0.15) is 11.3 Å². The number of hydrogen-bond donors (Lipinski definition) is 2. The molecule has 0 spiro atoms. The van der Waals surface area contributed by atoms with E-state index in [1.165, 1.54) is 0 Å². The average Bonchev–Trinajstić information content (AvgIpc) is 3.48. The van der Waals surface area contributed by atoms with Gasteiger partial charge in [0.25, 0.3) is 0 Å². The molecule has 1 atom stereocenters. The number of phenols is 1. The minimum absolute atomic E-state index is 0.0297. The van der Waals surface area contributed by atoms with E-state index in [1.807, 2.05) is 18.2 Å². The number of aromatic hydroxyl groups is 1. The maximum Gasteiger partial charge on any atom is 0.228 e. The standard InChI is InChI=1S/C25H30N6O2/c1-18(16-29-13-10-19(17-29)25(33)26-20-6-8-22(32)9-7-20)30-14-11-21(12-15-30)31-24-5-3-2-4-23(24)27-28-31/h2-9,19,21,32H,1,10-17H2,(H,26,33). The molecule has 1 aromatic heterocycles. The molecule has 2 N–H and O–H groups in total. The third-order valence-corrected chi connectivity index (χ3v) is 6.82. The second-order valence-electron chi connectivity index (χ2n) is 9.06. The lowest BCUT2D eigenvalue weighted by molar-refractivity contribution is -0.119. The lowest BCUT2D eigenvalue weighted by atomic mass is 10.0. The molecule has 33 heavy (non-hydrogen) atoms. The van der Waals surface area contributed by atoms with Crippen LogP contribution in [0.1, 0.15) is 25.3 Å². The smallest absolute Gasteiger partial charge is 0.228 e. The minimum Gasteiger partial charge on any atom is -0.508 e. The number of benzene rings is 2. The molecule has 5 rings (SSSR count). The topological polar surface area (TPSA) is 86.5 Å². The molecule has 3 heterocycles. The Morgan fingerprint density at radius 3 is 2.61 bits per heavy atom. The lowest BCUT2D eigenvalue weighted by Gasteiger charge is -2.36. The first-order chi connectivity index (χ1) is 16.1. The van der Waals surface area contributed by atoms with Crippen molar-refractivity contribution in [3.8, 4) is 5.75 Å². The van der Waals surface area contributed by atoms with Crippen LogP contribution in [0.15, 0.2) is 60.8 Å². The molecule has 0 radical (unpaired) electrons. The van der Waals surface area contributed by atoms with Crippen molar-refractivity contribution in [2.24, 2.45) is 5.92 Å². The molecule has 3 aromatic rings. The molecule has 2 saturated heterocycles. The summed E-state index contributed by atoms with van der Waals surface area (Å²) in [5, 5.41) is 21.0. The number of fused-ring (bicyclic) bond motifs is 1. The summed E-state index contributed by atoms with van der Waals surface area (Å²) in [6, 6.07) is 15.1. The molecule has 8 nitrogen and oxygen atoms in total. The fourth-order valence-corrected chi connectivity index (χ4v) is 4.92.